The molecule has 1 atom stereocenters. The van der Waals surface area contributed by atoms with Crippen LogP contribution in [0.5, 0.6) is 0 Å². The van der Waals surface area contributed by atoms with E-state index in [0.29, 0.717) is 0 Å². The van der Waals surface area contributed by atoms with Gasteiger partial charge in [-0.1, -0.05) is 6.92 Å². The molecule has 21 heavy (non-hydrogen) atoms. The molecule has 0 amide bonds. The minimum absolute atomic E-state index is 0.453. The maximum absolute atomic E-state index is 9.37. The quantitative estimate of drug-likeness (QED) is 0.497. The summed E-state index contributed by atoms with van der Waals surface area (Å²) in [6.07, 6.45) is 1.84. The van der Waals surface area contributed by atoms with E-state index >= 15 is 0 Å². The number of nitrogens with zero attached hydrogens (tertiary/aromatic N) is 2. The Bertz CT molecular complexity index is 271. The highest BCUT2D eigenvalue weighted by molar-refractivity contribution is 5.03. The monoisotopic (exact) mass is 299 g/mol. The van der Waals surface area contributed by atoms with Crippen molar-refractivity contribution in [3.05, 3.63) is 0 Å². The zero-order valence-electron chi connectivity index (χ0n) is 14.3. The third-order valence-electron chi connectivity index (χ3n) is 3.45. The van der Waals surface area contributed by atoms with Crippen LogP contribution >= 0.6 is 0 Å². The lowest BCUT2D eigenvalue weighted by molar-refractivity contribution is 0.0799. The van der Waals surface area contributed by atoms with Crippen LogP contribution in [0.25, 0.3) is 0 Å². The molecule has 5 nitrogen and oxygen atoms in total. The van der Waals surface area contributed by atoms with Crippen molar-refractivity contribution in [2.45, 2.75) is 46.1 Å². The largest absolute Gasteiger partial charge is 0.380 e. The number of hydrogen-bond acceptors (Lipinski definition) is 5. The van der Waals surface area contributed by atoms with Gasteiger partial charge >= 0.3 is 0 Å². The fourth-order valence-corrected chi connectivity index (χ4v) is 1.98. The SMILES string of the molecule is CCCNC(C)(C#N)CCN(CCOCC)CCOCC. The molecule has 0 saturated heterocycles. The standard InChI is InChI=1S/C16H33N3O2/c1-5-9-18-16(4,15-17)8-10-19(11-13-20-6-2)12-14-21-7-3/h18H,5-14H2,1-4H3. The zero-order valence-corrected chi connectivity index (χ0v) is 14.3. The van der Waals surface area contributed by atoms with E-state index in [1.807, 2.05) is 20.8 Å². The summed E-state index contributed by atoms with van der Waals surface area (Å²) in [7, 11) is 0. The Morgan fingerprint density at radius 1 is 1.05 bits per heavy atom. The van der Waals surface area contributed by atoms with Crippen molar-refractivity contribution in [2.75, 3.05) is 52.6 Å². The van der Waals surface area contributed by atoms with Gasteiger partial charge in [-0.15, -0.1) is 0 Å². The van der Waals surface area contributed by atoms with E-state index in [2.05, 4.69) is 23.2 Å². The summed E-state index contributed by atoms with van der Waals surface area (Å²) < 4.78 is 10.9. The van der Waals surface area contributed by atoms with Gasteiger partial charge in [0, 0.05) is 32.8 Å². The van der Waals surface area contributed by atoms with Crippen LogP contribution < -0.4 is 5.32 Å². The van der Waals surface area contributed by atoms with Gasteiger partial charge in [0.1, 0.15) is 5.54 Å². The summed E-state index contributed by atoms with van der Waals surface area (Å²) in [5.41, 5.74) is -0.453. The molecule has 0 aliphatic heterocycles. The molecule has 0 aliphatic carbocycles. The van der Waals surface area contributed by atoms with Crippen molar-refractivity contribution < 1.29 is 9.47 Å². The molecule has 0 heterocycles. The maximum Gasteiger partial charge on any atom is 0.105 e. The van der Waals surface area contributed by atoms with Crippen molar-refractivity contribution in [3.63, 3.8) is 0 Å². The average Bonchev–Trinajstić information content (AvgIpc) is 2.50. The van der Waals surface area contributed by atoms with Gasteiger partial charge in [-0.25, -0.2) is 0 Å². The highest BCUT2D eigenvalue weighted by atomic mass is 16.5. The first kappa shape index (κ1) is 20.3. The van der Waals surface area contributed by atoms with Crippen molar-refractivity contribution in [1.82, 2.24) is 10.2 Å². The van der Waals surface area contributed by atoms with Crippen LogP contribution in [0.4, 0.5) is 0 Å². The lowest BCUT2D eigenvalue weighted by Gasteiger charge is -2.28. The maximum atomic E-state index is 9.37. The minimum Gasteiger partial charge on any atom is -0.380 e. The van der Waals surface area contributed by atoms with Crippen LogP contribution in [0.15, 0.2) is 0 Å². The molecule has 0 aromatic carbocycles. The Balaban J connectivity index is 4.25. The van der Waals surface area contributed by atoms with Crippen molar-refractivity contribution >= 4 is 0 Å². The van der Waals surface area contributed by atoms with Crippen molar-refractivity contribution in [1.29, 1.82) is 5.26 Å². The van der Waals surface area contributed by atoms with Crippen molar-refractivity contribution in [2.24, 2.45) is 0 Å². The Hall–Kier alpha value is -0.670. The fourth-order valence-electron chi connectivity index (χ4n) is 1.98. The smallest absolute Gasteiger partial charge is 0.105 e. The molecule has 0 aromatic rings. The Labute approximate surface area is 130 Å². The number of nitrogens with one attached hydrogen (secondary N) is 1. The first-order valence-corrected chi connectivity index (χ1v) is 8.16. The lowest BCUT2D eigenvalue weighted by atomic mass is 9.99. The summed E-state index contributed by atoms with van der Waals surface area (Å²) in [5.74, 6) is 0. The van der Waals surface area contributed by atoms with E-state index in [4.69, 9.17) is 9.47 Å². The molecule has 0 radical (unpaired) electrons. The van der Waals surface area contributed by atoms with Crippen LogP contribution in [-0.2, 0) is 9.47 Å². The van der Waals surface area contributed by atoms with Crippen LogP contribution in [0.2, 0.25) is 0 Å². The molecule has 5 heteroatoms. The second-order valence-corrected chi connectivity index (χ2v) is 5.36. The molecule has 0 bridgehead atoms. The molecule has 0 aliphatic rings. The van der Waals surface area contributed by atoms with E-state index in [1.165, 1.54) is 0 Å². The van der Waals surface area contributed by atoms with Crippen LogP contribution in [0, 0.1) is 11.3 Å². The minimum atomic E-state index is -0.453. The molecule has 0 fully saturated rings. The van der Waals surface area contributed by atoms with Gasteiger partial charge in [0.25, 0.3) is 0 Å². The van der Waals surface area contributed by atoms with E-state index in [1.54, 1.807) is 0 Å². The molecule has 0 rings (SSSR count). The molecule has 1 unspecified atom stereocenters. The van der Waals surface area contributed by atoms with Gasteiger partial charge in [0.2, 0.25) is 0 Å². The molecular weight excluding hydrogens is 266 g/mol. The summed E-state index contributed by atoms with van der Waals surface area (Å²) in [6, 6.07) is 2.40. The third kappa shape index (κ3) is 10.7. The molecule has 0 spiro atoms. The molecule has 124 valence electrons. The highest BCUT2D eigenvalue weighted by Crippen LogP contribution is 2.09. The van der Waals surface area contributed by atoms with Gasteiger partial charge in [-0.3, -0.25) is 10.2 Å². The molecular formula is C16H33N3O2. The van der Waals surface area contributed by atoms with Gasteiger partial charge in [-0.05, 0) is 40.2 Å². The predicted octanol–water partition coefficient (Wildman–Crippen LogP) is 2.03. The number of ether oxygens (including phenoxy) is 2. The van der Waals surface area contributed by atoms with Crippen LogP contribution in [-0.4, -0.2) is 63.0 Å². The fraction of sp³-hybridized carbons (Fsp3) is 0.938. The van der Waals surface area contributed by atoms with Gasteiger partial charge in [0.15, 0.2) is 0 Å². The summed E-state index contributed by atoms with van der Waals surface area (Å²) in [5, 5.41) is 12.7. The van der Waals surface area contributed by atoms with Gasteiger partial charge in [-0.2, -0.15) is 5.26 Å². The van der Waals surface area contributed by atoms with Crippen LogP contribution in [0.3, 0.4) is 0 Å². The van der Waals surface area contributed by atoms with E-state index in [0.717, 1.165) is 65.4 Å². The normalized spacial score (nSPS) is 14.1. The lowest BCUT2D eigenvalue weighted by Crippen LogP contribution is -2.45. The molecule has 1 N–H and O–H groups in total. The summed E-state index contributed by atoms with van der Waals surface area (Å²) in [6.45, 7) is 14.6. The topological polar surface area (TPSA) is 57.5 Å². The highest BCUT2D eigenvalue weighted by Gasteiger charge is 2.23. The Kier molecular flexibility index (Phi) is 12.6. The average molecular weight is 299 g/mol. The number of rotatable bonds is 14. The Morgan fingerprint density at radius 2 is 1.62 bits per heavy atom. The first-order chi connectivity index (χ1) is 10.1. The first-order valence-electron chi connectivity index (χ1n) is 8.16. The van der Waals surface area contributed by atoms with E-state index in [9.17, 15) is 5.26 Å². The van der Waals surface area contributed by atoms with E-state index < -0.39 is 5.54 Å². The Morgan fingerprint density at radius 3 is 2.05 bits per heavy atom. The van der Waals surface area contributed by atoms with Crippen LogP contribution in [0.1, 0.15) is 40.5 Å². The van der Waals surface area contributed by atoms with Gasteiger partial charge < -0.3 is 9.47 Å². The predicted molar refractivity (Wildman–Crippen MR) is 86.4 cm³/mol. The summed E-state index contributed by atoms with van der Waals surface area (Å²) in [4.78, 5) is 2.31. The third-order valence-corrected chi connectivity index (χ3v) is 3.45. The number of hydrogen-bond donors (Lipinski definition) is 1. The van der Waals surface area contributed by atoms with Crippen molar-refractivity contribution in [3.8, 4) is 6.07 Å². The molecule has 0 aromatic heterocycles. The van der Waals surface area contributed by atoms with Gasteiger partial charge in [0.05, 0.1) is 19.3 Å². The molecule has 0 saturated carbocycles. The second-order valence-electron chi connectivity index (χ2n) is 5.36. The zero-order chi connectivity index (χ0) is 16.0. The summed E-state index contributed by atoms with van der Waals surface area (Å²) >= 11 is 0. The van der Waals surface area contributed by atoms with E-state index in [-0.39, 0.29) is 0 Å². The second kappa shape index (κ2) is 13.0. The number of nitriles is 1.